The van der Waals surface area contributed by atoms with E-state index in [1.807, 2.05) is 13.8 Å². The molecule has 25 heavy (non-hydrogen) atoms. The van der Waals surface area contributed by atoms with Crippen molar-refractivity contribution in [2.24, 2.45) is 0 Å². The fraction of sp³-hybridized carbons (Fsp3) is 0.471. The normalized spacial score (nSPS) is 11.4. The van der Waals surface area contributed by atoms with E-state index in [-0.39, 0.29) is 12.5 Å². The topological polar surface area (TPSA) is 93.7 Å². The van der Waals surface area contributed by atoms with Crippen LogP contribution in [0, 0.1) is 6.92 Å². The van der Waals surface area contributed by atoms with Crippen LogP contribution in [-0.2, 0) is 19.1 Å². The number of aryl methyl sites for hydroxylation is 1. The van der Waals surface area contributed by atoms with Crippen LogP contribution in [0.2, 0.25) is 5.02 Å². The van der Waals surface area contributed by atoms with Crippen molar-refractivity contribution in [1.29, 1.82) is 0 Å². The summed E-state index contributed by atoms with van der Waals surface area (Å²) in [4.78, 5) is 34.9. The molecule has 2 N–H and O–H groups in total. The summed E-state index contributed by atoms with van der Waals surface area (Å²) in [5.74, 6) is -1.06. The van der Waals surface area contributed by atoms with E-state index in [0.717, 1.165) is 12.0 Å². The van der Waals surface area contributed by atoms with Crippen molar-refractivity contribution in [1.82, 2.24) is 10.6 Å². The Kier molecular flexibility index (Phi) is 8.77. The molecule has 0 saturated carbocycles. The summed E-state index contributed by atoms with van der Waals surface area (Å²) in [6.07, 6.45) is 0.803. The van der Waals surface area contributed by atoms with E-state index in [0.29, 0.717) is 17.3 Å². The second-order valence-electron chi connectivity index (χ2n) is 5.44. The molecule has 1 rings (SSSR count). The number of halogens is 1. The number of hydrogen-bond acceptors (Lipinski definition) is 5. The molecule has 0 saturated heterocycles. The average Bonchev–Trinajstić information content (AvgIpc) is 2.58. The third-order valence-corrected chi connectivity index (χ3v) is 3.59. The Bertz CT molecular complexity index is 621. The Labute approximate surface area is 152 Å². The molecule has 7 nitrogen and oxygen atoms in total. The lowest BCUT2D eigenvalue weighted by atomic mass is 10.2. The molecule has 0 bridgehead atoms. The standard InChI is InChI=1S/C17H23ClN2O5/c1-4-7-19-17(23)12(3)20-15(21)9-25-16(22)10-24-13-5-6-14(18)11(2)8-13/h5-6,8,12H,4,7,9-10H2,1-3H3,(H,19,23)(H,20,21)/t12-/m1/s1. The Hall–Kier alpha value is -2.28. The summed E-state index contributed by atoms with van der Waals surface area (Å²) in [5.41, 5.74) is 0.822. The molecule has 0 aliphatic carbocycles. The minimum atomic E-state index is -0.703. The monoisotopic (exact) mass is 370 g/mol. The number of esters is 1. The SMILES string of the molecule is CCCNC(=O)[C@@H](C)NC(=O)COC(=O)COc1ccc(Cl)c(C)c1. The van der Waals surface area contributed by atoms with Gasteiger partial charge >= 0.3 is 5.97 Å². The lowest BCUT2D eigenvalue weighted by Gasteiger charge is -2.14. The minimum absolute atomic E-state index is 0.289. The smallest absolute Gasteiger partial charge is 0.344 e. The van der Waals surface area contributed by atoms with Crippen molar-refractivity contribution >= 4 is 29.4 Å². The van der Waals surface area contributed by atoms with Gasteiger partial charge < -0.3 is 20.1 Å². The van der Waals surface area contributed by atoms with Crippen LogP contribution in [-0.4, -0.2) is 43.6 Å². The first-order chi connectivity index (χ1) is 11.8. The zero-order valence-electron chi connectivity index (χ0n) is 14.6. The average molecular weight is 371 g/mol. The molecule has 1 aromatic carbocycles. The van der Waals surface area contributed by atoms with Crippen LogP contribution in [0.15, 0.2) is 18.2 Å². The van der Waals surface area contributed by atoms with Crippen LogP contribution < -0.4 is 15.4 Å². The van der Waals surface area contributed by atoms with E-state index >= 15 is 0 Å². The minimum Gasteiger partial charge on any atom is -0.482 e. The first-order valence-electron chi connectivity index (χ1n) is 7.95. The maximum Gasteiger partial charge on any atom is 0.344 e. The Morgan fingerprint density at radius 2 is 1.96 bits per heavy atom. The van der Waals surface area contributed by atoms with Gasteiger partial charge in [0.05, 0.1) is 0 Å². The van der Waals surface area contributed by atoms with Gasteiger partial charge in [-0.05, 0) is 44.0 Å². The molecule has 0 aliphatic heterocycles. The fourth-order valence-electron chi connectivity index (χ4n) is 1.79. The summed E-state index contributed by atoms with van der Waals surface area (Å²) in [6, 6.07) is 4.28. The highest BCUT2D eigenvalue weighted by Gasteiger charge is 2.16. The molecule has 1 aromatic rings. The highest BCUT2D eigenvalue weighted by molar-refractivity contribution is 6.31. The summed E-state index contributed by atoms with van der Waals surface area (Å²) < 4.78 is 10.1. The largest absolute Gasteiger partial charge is 0.482 e. The van der Waals surface area contributed by atoms with Crippen molar-refractivity contribution in [3.8, 4) is 5.75 Å². The lowest BCUT2D eigenvalue weighted by molar-refractivity contribution is -0.150. The summed E-state index contributed by atoms with van der Waals surface area (Å²) in [5, 5.41) is 5.71. The van der Waals surface area contributed by atoms with E-state index < -0.39 is 24.5 Å². The van der Waals surface area contributed by atoms with Crippen LogP contribution in [0.5, 0.6) is 5.75 Å². The molecule has 0 aromatic heterocycles. The van der Waals surface area contributed by atoms with E-state index in [4.69, 9.17) is 21.1 Å². The first-order valence-corrected chi connectivity index (χ1v) is 8.33. The van der Waals surface area contributed by atoms with Crippen LogP contribution >= 0.6 is 11.6 Å². The van der Waals surface area contributed by atoms with Gasteiger partial charge in [0, 0.05) is 11.6 Å². The van der Waals surface area contributed by atoms with Gasteiger partial charge in [0.25, 0.3) is 5.91 Å². The third-order valence-electron chi connectivity index (χ3n) is 3.17. The molecule has 0 heterocycles. The summed E-state index contributed by atoms with van der Waals surface area (Å²) in [6.45, 7) is 5.02. The summed E-state index contributed by atoms with van der Waals surface area (Å²) >= 11 is 5.90. The highest BCUT2D eigenvalue weighted by Crippen LogP contribution is 2.20. The Balaban J connectivity index is 2.29. The molecule has 0 aliphatic rings. The zero-order chi connectivity index (χ0) is 18.8. The van der Waals surface area contributed by atoms with Gasteiger partial charge in [-0.15, -0.1) is 0 Å². The van der Waals surface area contributed by atoms with E-state index in [9.17, 15) is 14.4 Å². The first kappa shape index (κ1) is 20.8. The molecule has 1 atom stereocenters. The molecule has 0 unspecified atom stereocenters. The molecule has 0 spiro atoms. The summed E-state index contributed by atoms with van der Waals surface area (Å²) in [7, 11) is 0. The van der Waals surface area contributed by atoms with Crippen LogP contribution in [0.3, 0.4) is 0 Å². The molecule has 2 amide bonds. The van der Waals surface area contributed by atoms with Gasteiger partial charge in [-0.3, -0.25) is 9.59 Å². The van der Waals surface area contributed by atoms with Crippen molar-refractivity contribution < 1.29 is 23.9 Å². The van der Waals surface area contributed by atoms with Crippen LogP contribution in [0.25, 0.3) is 0 Å². The number of amides is 2. The number of ether oxygens (including phenoxy) is 2. The number of rotatable bonds is 9. The van der Waals surface area contributed by atoms with Crippen LogP contribution in [0.1, 0.15) is 25.8 Å². The lowest BCUT2D eigenvalue weighted by Crippen LogP contribution is -2.46. The number of hydrogen-bond donors (Lipinski definition) is 2. The van der Waals surface area contributed by atoms with E-state index in [1.54, 1.807) is 25.1 Å². The molecular weight excluding hydrogens is 348 g/mol. The number of benzene rings is 1. The van der Waals surface area contributed by atoms with E-state index in [2.05, 4.69) is 10.6 Å². The van der Waals surface area contributed by atoms with Gasteiger partial charge in [0.15, 0.2) is 13.2 Å². The molecule has 138 valence electrons. The van der Waals surface area contributed by atoms with Crippen LogP contribution in [0.4, 0.5) is 0 Å². The third kappa shape index (κ3) is 7.89. The van der Waals surface area contributed by atoms with Crippen molar-refractivity contribution in [2.75, 3.05) is 19.8 Å². The molecular formula is C17H23ClN2O5. The maximum absolute atomic E-state index is 11.7. The molecule has 8 heteroatoms. The molecule has 0 radical (unpaired) electrons. The highest BCUT2D eigenvalue weighted by atomic mass is 35.5. The second-order valence-corrected chi connectivity index (χ2v) is 5.85. The number of carbonyl (C=O) groups excluding carboxylic acids is 3. The predicted octanol–water partition coefficient (Wildman–Crippen LogP) is 1.60. The van der Waals surface area contributed by atoms with Gasteiger partial charge in [-0.1, -0.05) is 18.5 Å². The van der Waals surface area contributed by atoms with Gasteiger partial charge in [-0.25, -0.2) is 4.79 Å². The fourth-order valence-corrected chi connectivity index (χ4v) is 1.90. The number of carbonyl (C=O) groups is 3. The molecule has 0 fully saturated rings. The van der Waals surface area contributed by atoms with Gasteiger partial charge in [-0.2, -0.15) is 0 Å². The quantitative estimate of drug-likeness (QED) is 0.644. The second kappa shape index (κ2) is 10.6. The van der Waals surface area contributed by atoms with Crippen molar-refractivity contribution in [3.05, 3.63) is 28.8 Å². The maximum atomic E-state index is 11.7. The Morgan fingerprint density at radius 3 is 2.60 bits per heavy atom. The predicted molar refractivity (Wildman–Crippen MR) is 93.5 cm³/mol. The van der Waals surface area contributed by atoms with E-state index in [1.165, 1.54) is 0 Å². The van der Waals surface area contributed by atoms with Crippen molar-refractivity contribution in [3.63, 3.8) is 0 Å². The van der Waals surface area contributed by atoms with Gasteiger partial charge in [0.1, 0.15) is 11.8 Å². The van der Waals surface area contributed by atoms with Gasteiger partial charge in [0.2, 0.25) is 5.91 Å². The number of nitrogens with one attached hydrogen (secondary N) is 2. The Morgan fingerprint density at radius 1 is 1.24 bits per heavy atom. The van der Waals surface area contributed by atoms with Crippen molar-refractivity contribution in [2.45, 2.75) is 33.2 Å². The zero-order valence-corrected chi connectivity index (χ0v) is 15.3.